The van der Waals surface area contributed by atoms with E-state index in [0.717, 1.165) is 37.3 Å². The van der Waals surface area contributed by atoms with E-state index in [9.17, 15) is 14.0 Å². The Hall–Kier alpha value is -2.65. The van der Waals surface area contributed by atoms with Crippen molar-refractivity contribution in [2.45, 2.75) is 57.8 Å². The number of aromatic amines is 1. The standard InChI is InChI=1S/C23H28ClFN6O2/c1-13-10-29-9-5-6-14(29)11-30(13)22(33)31-12-15-19(23(31,2)3)27-28-20(15)26-21(32)18-16(24)7-4-8-17(18)25/h4,7-8,13-14H,5-6,9-12H2,1-3H3,(H2,26,27,28,32)/t13-,14-/m0/s1. The van der Waals surface area contributed by atoms with E-state index < -0.39 is 17.3 Å². The molecule has 2 atom stereocenters. The minimum atomic E-state index is -0.704. The van der Waals surface area contributed by atoms with Crippen LogP contribution in [0.2, 0.25) is 5.02 Å². The average molecular weight is 475 g/mol. The van der Waals surface area contributed by atoms with Crippen molar-refractivity contribution < 1.29 is 14.0 Å². The Morgan fingerprint density at radius 3 is 2.85 bits per heavy atom. The highest BCUT2D eigenvalue weighted by Crippen LogP contribution is 2.42. The van der Waals surface area contributed by atoms with Crippen LogP contribution in [0.5, 0.6) is 0 Å². The fourth-order valence-electron chi connectivity index (χ4n) is 5.42. The predicted molar refractivity (Wildman–Crippen MR) is 123 cm³/mol. The van der Waals surface area contributed by atoms with E-state index in [4.69, 9.17) is 11.6 Å². The maximum Gasteiger partial charge on any atom is 0.321 e. The van der Waals surface area contributed by atoms with Crippen molar-refractivity contribution in [3.05, 3.63) is 45.9 Å². The molecule has 2 fully saturated rings. The number of hydrogen-bond donors (Lipinski definition) is 2. The molecule has 2 aromatic rings. The maximum absolute atomic E-state index is 14.2. The lowest BCUT2D eigenvalue weighted by Gasteiger charge is -2.45. The summed E-state index contributed by atoms with van der Waals surface area (Å²) in [6.45, 7) is 9.05. The largest absolute Gasteiger partial charge is 0.321 e. The Morgan fingerprint density at radius 2 is 2.09 bits per heavy atom. The van der Waals surface area contributed by atoms with Gasteiger partial charge in [-0.2, -0.15) is 5.10 Å². The normalized spacial score (nSPS) is 24.0. The number of aromatic nitrogens is 2. The molecule has 2 N–H and O–H groups in total. The number of hydrogen-bond acceptors (Lipinski definition) is 4. The number of halogens is 2. The first-order valence-corrected chi connectivity index (χ1v) is 11.7. The molecule has 3 aliphatic heterocycles. The van der Waals surface area contributed by atoms with Crippen molar-refractivity contribution in [1.82, 2.24) is 24.9 Å². The second-order valence-corrected chi connectivity index (χ2v) is 10.1. The Morgan fingerprint density at radius 1 is 1.30 bits per heavy atom. The molecule has 8 nitrogen and oxygen atoms in total. The Balaban J connectivity index is 1.37. The number of piperazine rings is 1. The second-order valence-electron chi connectivity index (χ2n) is 9.70. The summed E-state index contributed by atoms with van der Waals surface area (Å²) < 4.78 is 14.2. The van der Waals surface area contributed by atoms with E-state index >= 15 is 0 Å². The lowest BCUT2D eigenvalue weighted by Crippen LogP contribution is -2.60. The smallest absolute Gasteiger partial charge is 0.319 e. The number of nitrogens with one attached hydrogen (secondary N) is 2. The number of carbonyl (C=O) groups is 2. The molecule has 3 aliphatic rings. The van der Waals surface area contributed by atoms with Crippen molar-refractivity contribution in [2.75, 3.05) is 25.0 Å². The molecule has 1 aromatic heterocycles. The van der Waals surface area contributed by atoms with Gasteiger partial charge in [0.1, 0.15) is 5.82 Å². The van der Waals surface area contributed by atoms with Gasteiger partial charge in [0.15, 0.2) is 5.82 Å². The monoisotopic (exact) mass is 474 g/mol. The van der Waals surface area contributed by atoms with Gasteiger partial charge < -0.3 is 15.1 Å². The van der Waals surface area contributed by atoms with Crippen LogP contribution in [0.3, 0.4) is 0 Å². The fraction of sp³-hybridized carbons (Fsp3) is 0.522. The molecular weight excluding hydrogens is 447 g/mol. The molecule has 4 heterocycles. The first-order valence-electron chi connectivity index (χ1n) is 11.3. The number of rotatable bonds is 2. The summed E-state index contributed by atoms with van der Waals surface area (Å²) in [5, 5.41) is 9.93. The number of amides is 3. The Labute approximate surface area is 197 Å². The van der Waals surface area contributed by atoms with E-state index in [1.807, 2.05) is 23.6 Å². The van der Waals surface area contributed by atoms with Crippen LogP contribution in [0.25, 0.3) is 0 Å². The lowest BCUT2D eigenvalue weighted by molar-refractivity contribution is 0.0454. The van der Waals surface area contributed by atoms with Gasteiger partial charge in [-0.25, -0.2) is 9.18 Å². The van der Waals surface area contributed by atoms with Gasteiger partial charge in [0.05, 0.1) is 28.4 Å². The molecule has 0 saturated carbocycles. The van der Waals surface area contributed by atoms with E-state index in [1.165, 1.54) is 24.6 Å². The summed E-state index contributed by atoms with van der Waals surface area (Å²) in [6, 6.07) is 4.63. The first-order chi connectivity index (χ1) is 15.7. The van der Waals surface area contributed by atoms with Gasteiger partial charge >= 0.3 is 6.03 Å². The minimum absolute atomic E-state index is 0.0157. The Bertz CT molecular complexity index is 1100. The molecule has 3 amide bonds. The number of carbonyl (C=O) groups excluding carboxylic acids is 2. The van der Waals surface area contributed by atoms with Crippen LogP contribution in [0.15, 0.2) is 18.2 Å². The van der Waals surface area contributed by atoms with Crippen LogP contribution < -0.4 is 5.32 Å². The molecule has 0 unspecified atom stereocenters. The van der Waals surface area contributed by atoms with Crippen molar-refractivity contribution in [2.24, 2.45) is 0 Å². The molecule has 33 heavy (non-hydrogen) atoms. The van der Waals surface area contributed by atoms with E-state index in [-0.39, 0.29) is 28.5 Å². The van der Waals surface area contributed by atoms with Crippen molar-refractivity contribution in [3.63, 3.8) is 0 Å². The molecule has 0 radical (unpaired) electrons. The summed E-state index contributed by atoms with van der Waals surface area (Å²) >= 11 is 6.04. The fourth-order valence-corrected chi connectivity index (χ4v) is 5.67. The number of H-pyrrole nitrogens is 1. The number of benzene rings is 1. The zero-order valence-electron chi connectivity index (χ0n) is 19.0. The number of nitrogens with zero attached hydrogens (tertiary/aromatic N) is 4. The topological polar surface area (TPSA) is 84.6 Å². The average Bonchev–Trinajstić information content (AvgIpc) is 3.43. The molecular formula is C23H28ClFN6O2. The van der Waals surface area contributed by atoms with Gasteiger partial charge in [-0.15, -0.1) is 0 Å². The van der Waals surface area contributed by atoms with Crippen molar-refractivity contribution in [1.29, 1.82) is 0 Å². The predicted octanol–water partition coefficient (Wildman–Crippen LogP) is 3.79. The number of fused-ring (bicyclic) bond motifs is 2. The third kappa shape index (κ3) is 3.58. The minimum Gasteiger partial charge on any atom is -0.319 e. The van der Waals surface area contributed by atoms with Gasteiger partial charge in [-0.3, -0.25) is 14.8 Å². The van der Waals surface area contributed by atoms with Gasteiger partial charge in [-0.1, -0.05) is 17.7 Å². The van der Waals surface area contributed by atoms with Gasteiger partial charge in [-0.05, 0) is 52.3 Å². The zero-order chi connectivity index (χ0) is 23.5. The number of anilines is 1. The first kappa shape index (κ1) is 22.2. The summed E-state index contributed by atoms with van der Waals surface area (Å²) in [6.07, 6.45) is 2.30. The summed E-state index contributed by atoms with van der Waals surface area (Å²) in [5.41, 5.74) is 0.619. The summed E-state index contributed by atoms with van der Waals surface area (Å²) in [5.74, 6) is -1.10. The second kappa shape index (κ2) is 7.99. The molecule has 0 spiro atoms. The summed E-state index contributed by atoms with van der Waals surface area (Å²) in [7, 11) is 0. The van der Waals surface area contributed by atoms with Gasteiger partial charge in [0, 0.05) is 30.7 Å². The molecule has 5 rings (SSSR count). The van der Waals surface area contributed by atoms with E-state index in [1.54, 1.807) is 0 Å². The van der Waals surface area contributed by atoms with Crippen LogP contribution in [0.4, 0.5) is 15.0 Å². The molecule has 0 aliphatic carbocycles. The SMILES string of the molecule is C[C@H]1CN2CCC[C@H]2CN1C(=O)N1Cc2c(NC(=O)c3c(F)cccc3Cl)n[nH]c2C1(C)C. The van der Waals surface area contributed by atoms with Crippen LogP contribution in [0.1, 0.15) is 55.2 Å². The number of urea groups is 1. The highest BCUT2D eigenvalue weighted by Gasteiger charge is 2.47. The Kier molecular flexibility index (Phi) is 5.36. The van der Waals surface area contributed by atoms with Crippen molar-refractivity contribution >= 4 is 29.4 Å². The molecule has 1 aromatic carbocycles. The van der Waals surface area contributed by atoms with Gasteiger partial charge in [0.2, 0.25) is 0 Å². The molecule has 2 saturated heterocycles. The van der Waals surface area contributed by atoms with Crippen LogP contribution in [-0.2, 0) is 12.1 Å². The molecule has 176 valence electrons. The van der Waals surface area contributed by atoms with E-state index in [0.29, 0.717) is 12.6 Å². The maximum atomic E-state index is 14.2. The van der Waals surface area contributed by atoms with E-state index in [2.05, 4.69) is 27.3 Å². The molecule has 10 heteroatoms. The van der Waals surface area contributed by atoms with Crippen LogP contribution in [-0.4, -0.2) is 68.6 Å². The van der Waals surface area contributed by atoms with Gasteiger partial charge in [0.25, 0.3) is 5.91 Å². The lowest BCUT2D eigenvalue weighted by atomic mass is 10.0. The third-order valence-corrected chi connectivity index (χ3v) is 7.62. The highest BCUT2D eigenvalue weighted by molar-refractivity contribution is 6.34. The van der Waals surface area contributed by atoms with Crippen molar-refractivity contribution in [3.8, 4) is 0 Å². The molecule has 0 bridgehead atoms. The zero-order valence-corrected chi connectivity index (χ0v) is 19.7. The quantitative estimate of drug-likeness (QED) is 0.693. The van der Waals surface area contributed by atoms with Crippen LogP contribution in [0, 0.1) is 5.82 Å². The van der Waals surface area contributed by atoms with Crippen LogP contribution >= 0.6 is 11.6 Å². The third-order valence-electron chi connectivity index (χ3n) is 7.31. The summed E-state index contributed by atoms with van der Waals surface area (Å²) in [4.78, 5) is 32.7. The highest BCUT2D eigenvalue weighted by atomic mass is 35.5.